The molecule has 0 saturated heterocycles. The van der Waals surface area contributed by atoms with Gasteiger partial charge in [-0.05, 0) is 22.6 Å². The Morgan fingerprint density at radius 1 is 1.03 bits per heavy atom. The first-order valence-corrected chi connectivity index (χ1v) is 10.7. The molecule has 2 unspecified atom stereocenters. The molecular formula is C24H18BrN3O4. The summed E-state index contributed by atoms with van der Waals surface area (Å²) in [6, 6.07) is 19.8. The number of aliphatic imine (C=N–C) groups is 1. The number of methoxy groups -OCH3 is 1. The van der Waals surface area contributed by atoms with Crippen molar-refractivity contribution in [1.29, 1.82) is 0 Å². The molecule has 0 radical (unpaired) electrons. The largest absolute Gasteiger partial charge is 0.463 e. The minimum atomic E-state index is -0.587. The van der Waals surface area contributed by atoms with Crippen molar-refractivity contribution in [2.45, 2.75) is 12.1 Å². The average Bonchev–Trinajstić information content (AvgIpc) is 2.83. The van der Waals surface area contributed by atoms with Gasteiger partial charge in [-0.1, -0.05) is 70.5 Å². The Bertz CT molecular complexity index is 1450. The summed E-state index contributed by atoms with van der Waals surface area (Å²) >= 11 is 3.59. The van der Waals surface area contributed by atoms with Gasteiger partial charge in [0.15, 0.2) is 0 Å². The van der Waals surface area contributed by atoms with Gasteiger partial charge < -0.3 is 9.15 Å². The van der Waals surface area contributed by atoms with E-state index < -0.39 is 23.7 Å². The van der Waals surface area contributed by atoms with E-state index in [0.717, 1.165) is 26.2 Å². The van der Waals surface area contributed by atoms with Gasteiger partial charge in [0.2, 0.25) is 5.84 Å². The Kier molecular flexibility index (Phi) is 5.24. The fraction of sp³-hybridized carbons (Fsp3) is 0.125. The maximum absolute atomic E-state index is 12.6. The number of hydrogen-bond donors (Lipinski definition) is 2. The fourth-order valence-corrected chi connectivity index (χ4v) is 4.57. The van der Waals surface area contributed by atoms with Crippen molar-refractivity contribution in [3.63, 3.8) is 0 Å². The summed E-state index contributed by atoms with van der Waals surface area (Å²) in [5.74, 6) is -0.529. The fourth-order valence-electron chi connectivity index (χ4n) is 4.06. The van der Waals surface area contributed by atoms with Crippen LogP contribution in [0.1, 0.15) is 23.2 Å². The zero-order valence-corrected chi connectivity index (χ0v) is 18.5. The lowest BCUT2D eigenvalue weighted by molar-refractivity contribution is -0.133. The van der Waals surface area contributed by atoms with Crippen LogP contribution in [0.3, 0.4) is 0 Å². The summed E-state index contributed by atoms with van der Waals surface area (Å²) in [7, 11) is 1.30. The van der Waals surface area contributed by atoms with Gasteiger partial charge >= 0.3 is 11.6 Å². The van der Waals surface area contributed by atoms with E-state index in [9.17, 15) is 9.59 Å². The highest BCUT2D eigenvalue weighted by Gasteiger charge is 2.34. The minimum Gasteiger partial charge on any atom is -0.463 e. The smallest absolute Gasteiger partial charge is 0.374 e. The quantitative estimate of drug-likeness (QED) is 0.254. The third-order valence-corrected chi connectivity index (χ3v) is 6.26. The molecule has 0 spiro atoms. The number of esters is 1. The summed E-state index contributed by atoms with van der Waals surface area (Å²) in [6.45, 7) is 0. The number of hydrazine groups is 1. The SMILES string of the molecule is COC(=O)C1=NC(c2ccccc2Br)C(c2cc(=O)oc3c2ccc2ccccc23)NN1. The van der Waals surface area contributed by atoms with Crippen LogP contribution in [0, 0.1) is 0 Å². The molecule has 0 bridgehead atoms. The molecule has 2 atom stereocenters. The topological polar surface area (TPSA) is 92.9 Å². The molecule has 2 N–H and O–H groups in total. The first kappa shape index (κ1) is 20.4. The van der Waals surface area contributed by atoms with E-state index in [-0.39, 0.29) is 5.84 Å². The van der Waals surface area contributed by atoms with Crippen molar-refractivity contribution in [2.75, 3.05) is 7.11 Å². The van der Waals surface area contributed by atoms with E-state index in [1.165, 1.54) is 13.2 Å². The van der Waals surface area contributed by atoms with Gasteiger partial charge in [0.25, 0.3) is 0 Å². The first-order chi connectivity index (χ1) is 15.6. The van der Waals surface area contributed by atoms with Crippen molar-refractivity contribution < 1.29 is 13.9 Å². The first-order valence-electron chi connectivity index (χ1n) is 9.94. The van der Waals surface area contributed by atoms with Crippen LogP contribution in [0.15, 0.2) is 85.4 Å². The zero-order chi connectivity index (χ0) is 22.2. The molecular weight excluding hydrogens is 474 g/mol. The molecule has 8 heteroatoms. The van der Waals surface area contributed by atoms with Crippen molar-refractivity contribution in [3.8, 4) is 0 Å². The van der Waals surface area contributed by atoms with E-state index in [2.05, 4.69) is 31.8 Å². The van der Waals surface area contributed by atoms with Crippen LogP contribution in [-0.2, 0) is 9.53 Å². The second kappa shape index (κ2) is 8.22. The predicted octanol–water partition coefficient (Wildman–Crippen LogP) is 4.17. The van der Waals surface area contributed by atoms with E-state index >= 15 is 0 Å². The van der Waals surface area contributed by atoms with Gasteiger partial charge in [-0.3, -0.25) is 10.4 Å². The standard InChI is InChI=1S/C24H18BrN3O4/c1-31-24(30)23-26-20(16-8-4-5-9-18(16)25)21(27-28-23)17-12-19(29)32-22-14-7-3-2-6-13(14)10-11-15(17)22/h2-12,20-21,27H,1H3,(H,26,28). The molecule has 32 heavy (non-hydrogen) atoms. The van der Waals surface area contributed by atoms with Crippen molar-refractivity contribution >= 4 is 49.5 Å². The second-order valence-corrected chi connectivity index (χ2v) is 8.22. The molecule has 5 rings (SSSR count). The molecule has 1 aliphatic heterocycles. The summed E-state index contributed by atoms with van der Waals surface area (Å²) in [4.78, 5) is 29.4. The lowest BCUT2D eigenvalue weighted by atomic mass is 9.91. The number of rotatable bonds is 3. The van der Waals surface area contributed by atoms with Crippen LogP contribution in [0.25, 0.3) is 21.7 Å². The number of fused-ring (bicyclic) bond motifs is 3. The molecule has 1 aliphatic rings. The number of ether oxygens (including phenoxy) is 1. The molecule has 3 aromatic carbocycles. The maximum Gasteiger partial charge on any atom is 0.374 e. The van der Waals surface area contributed by atoms with E-state index in [4.69, 9.17) is 9.15 Å². The Balaban J connectivity index is 1.75. The molecule has 0 fully saturated rings. The van der Waals surface area contributed by atoms with Crippen molar-refractivity contribution in [2.24, 2.45) is 4.99 Å². The van der Waals surface area contributed by atoms with E-state index in [0.29, 0.717) is 11.1 Å². The highest BCUT2D eigenvalue weighted by atomic mass is 79.9. The third-order valence-electron chi connectivity index (χ3n) is 5.53. The number of carbonyl (C=O) groups excluding carboxylic acids is 1. The minimum absolute atomic E-state index is 0.0576. The van der Waals surface area contributed by atoms with Crippen LogP contribution in [0.4, 0.5) is 0 Å². The Hall–Kier alpha value is -3.49. The zero-order valence-electron chi connectivity index (χ0n) is 17.0. The highest BCUT2D eigenvalue weighted by molar-refractivity contribution is 9.10. The highest BCUT2D eigenvalue weighted by Crippen LogP contribution is 2.40. The summed E-state index contributed by atoms with van der Waals surface area (Å²) in [6.07, 6.45) is 0. The predicted molar refractivity (Wildman–Crippen MR) is 125 cm³/mol. The van der Waals surface area contributed by atoms with Crippen molar-refractivity contribution in [1.82, 2.24) is 10.9 Å². The van der Waals surface area contributed by atoms with Crippen LogP contribution in [-0.4, -0.2) is 18.9 Å². The van der Waals surface area contributed by atoms with Crippen LogP contribution in [0.5, 0.6) is 0 Å². The Morgan fingerprint density at radius 2 is 1.81 bits per heavy atom. The summed E-state index contributed by atoms with van der Waals surface area (Å²) in [5, 5.41) is 2.61. The molecule has 0 saturated carbocycles. The number of nitrogens with one attached hydrogen (secondary N) is 2. The van der Waals surface area contributed by atoms with Gasteiger partial charge in [-0.25, -0.2) is 15.0 Å². The van der Waals surface area contributed by atoms with Gasteiger partial charge in [0.05, 0.1) is 19.2 Å². The van der Waals surface area contributed by atoms with Crippen molar-refractivity contribution in [3.05, 3.63) is 92.7 Å². The van der Waals surface area contributed by atoms with Gasteiger partial charge in [-0.2, -0.15) is 0 Å². The number of carbonyl (C=O) groups is 1. The normalized spacial score (nSPS) is 18.2. The summed E-state index contributed by atoms with van der Waals surface area (Å²) in [5.41, 5.74) is 7.62. The Labute approximate surface area is 191 Å². The van der Waals surface area contributed by atoms with Gasteiger partial charge in [0.1, 0.15) is 5.58 Å². The van der Waals surface area contributed by atoms with Crippen LogP contribution < -0.4 is 16.5 Å². The number of hydrogen-bond acceptors (Lipinski definition) is 7. The average molecular weight is 492 g/mol. The Morgan fingerprint density at radius 3 is 2.62 bits per heavy atom. The molecule has 2 heterocycles. The molecule has 4 aromatic rings. The van der Waals surface area contributed by atoms with E-state index in [1.54, 1.807) is 0 Å². The molecule has 0 amide bonds. The summed E-state index contributed by atoms with van der Waals surface area (Å²) < 4.78 is 11.3. The molecule has 0 aliphatic carbocycles. The monoisotopic (exact) mass is 491 g/mol. The third kappa shape index (κ3) is 3.47. The molecule has 7 nitrogen and oxygen atoms in total. The lowest BCUT2D eigenvalue weighted by Crippen LogP contribution is -2.49. The second-order valence-electron chi connectivity index (χ2n) is 7.37. The number of amidine groups is 1. The van der Waals surface area contributed by atoms with Crippen LogP contribution in [0.2, 0.25) is 0 Å². The van der Waals surface area contributed by atoms with Crippen LogP contribution >= 0.6 is 15.9 Å². The lowest BCUT2D eigenvalue weighted by Gasteiger charge is -2.32. The molecule has 160 valence electrons. The van der Waals surface area contributed by atoms with E-state index in [1.807, 2.05) is 60.7 Å². The van der Waals surface area contributed by atoms with Gasteiger partial charge in [-0.15, -0.1) is 0 Å². The number of halogens is 1. The maximum atomic E-state index is 12.6. The molecule has 1 aromatic heterocycles. The number of nitrogens with zero attached hydrogens (tertiary/aromatic N) is 1. The number of benzene rings is 3. The van der Waals surface area contributed by atoms with Gasteiger partial charge in [0, 0.05) is 21.3 Å².